The van der Waals surface area contributed by atoms with E-state index in [0.717, 1.165) is 12.1 Å². The van der Waals surface area contributed by atoms with Gasteiger partial charge in [-0.2, -0.15) is 4.58 Å². The molecule has 0 atom stereocenters. The molecule has 4 aromatic rings. The van der Waals surface area contributed by atoms with Crippen LogP contribution in [0.4, 0.5) is 11.4 Å². The van der Waals surface area contributed by atoms with Crippen LogP contribution in [0.1, 0.15) is 64.5 Å². The summed E-state index contributed by atoms with van der Waals surface area (Å²) >= 11 is 0. The highest BCUT2D eigenvalue weighted by atomic mass is 32.2. The molecule has 2 heterocycles. The van der Waals surface area contributed by atoms with Crippen LogP contribution in [0.3, 0.4) is 0 Å². The minimum atomic E-state index is -5.23. The number of anilines is 1. The number of allylic oxidation sites excluding steroid dienone is 6. The third kappa shape index (κ3) is 8.17. The summed E-state index contributed by atoms with van der Waals surface area (Å²) < 4.78 is 148. The van der Waals surface area contributed by atoms with Gasteiger partial charge >= 0.3 is 5.97 Å². The lowest BCUT2D eigenvalue weighted by molar-refractivity contribution is -0.401. The van der Waals surface area contributed by atoms with Crippen LogP contribution in [0.5, 0.6) is 0 Å². The summed E-state index contributed by atoms with van der Waals surface area (Å²) in [6.07, 6.45) is 10.2. The number of hydrogen-bond acceptors (Lipinski definition) is 14. The summed E-state index contributed by atoms with van der Waals surface area (Å²) in [4.78, 5) is 9.63. The summed E-state index contributed by atoms with van der Waals surface area (Å²) in [5.74, 6) is -0.934. The Labute approximate surface area is 347 Å². The first-order valence-corrected chi connectivity index (χ1v) is 23.9. The summed E-state index contributed by atoms with van der Waals surface area (Å²) in [5.41, 5.74) is 1.55. The minimum absolute atomic E-state index is 0.0259. The lowest BCUT2D eigenvalue weighted by Gasteiger charge is -2.27. The Balaban J connectivity index is 1.42. The third-order valence-electron chi connectivity index (χ3n) is 11.1. The molecular formula is C40H39N2O14S4-3. The van der Waals surface area contributed by atoms with Crippen LogP contribution in [0.2, 0.25) is 0 Å². The van der Waals surface area contributed by atoms with Gasteiger partial charge in [-0.05, 0) is 90.9 Å². The molecule has 320 valence electrons. The smallest absolute Gasteiger partial charge is 0.303 e. The fourth-order valence-electron chi connectivity index (χ4n) is 8.46. The molecule has 0 spiro atoms. The molecule has 0 bridgehead atoms. The number of benzene rings is 4. The SMILES string of the molecule is C[N+]1=C(/C=C/C=C/C=C2\N(CCCCCC(=O)O)c3ccc4c(S(=O)(=O)[O-])cc(S(=O)(=O)[O-])cc4c3C2(C)C)C(C)(C)c2c1ccc1c(S(=O)(=O)[O-])cc(S(=O)(=O)[O-])cc21. The van der Waals surface area contributed by atoms with Gasteiger partial charge in [-0.15, -0.1) is 0 Å². The number of rotatable bonds is 13. The van der Waals surface area contributed by atoms with E-state index >= 15 is 0 Å². The van der Waals surface area contributed by atoms with Crippen molar-refractivity contribution in [3.05, 3.63) is 95.7 Å². The molecule has 16 nitrogen and oxygen atoms in total. The van der Waals surface area contributed by atoms with Gasteiger partial charge in [-0.25, -0.2) is 33.7 Å². The molecule has 0 saturated carbocycles. The zero-order valence-corrected chi connectivity index (χ0v) is 36.1. The van der Waals surface area contributed by atoms with Gasteiger partial charge in [-0.1, -0.05) is 44.6 Å². The monoisotopic (exact) mass is 899 g/mol. The molecule has 60 heavy (non-hydrogen) atoms. The third-order valence-corrected chi connectivity index (χ3v) is 14.4. The molecule has 4 aromatic carbocycles. The van der Waals surface area contributed by atoms with Crippen molar-refractivity contribution in [1.82, 2.24) is 0 Å². The van der Waals surface area contributed by atoms with E-state index in [1.54, 1.807) is 49.6 Å². The number of unbranched alkanes of at least 4 members (excludes halogenated alkanes) is 2. The standard InChI is InChI=1S/C40H42N2O14S4/c1-39(2)34(41(5)30-17-15-26-28(37(30)39)20-24(57(45,46)47)22-32(26)59(51,52)53)12-8-6-9-13-35-40(3,4)38-29-21-25(58(48,49)50)23-33(60(54,55)56)27(29)16-18-31(38)42(35)19-11-7-10-14-36(43)44/h6,8-9,12-13,15-18,20-23H,7,10-11,14,19H2,1-5H3,(H4-,43,44,45,46,47,48,49,50,51,52,53,54,55,56)/p-3. The molecule has 6 rings (SSSR count). The Bertz CT molecular complexity index is 3110. The number of carboxylic acids is 1. The minimum Gasteiger partial charge on any atom is -0.744 e. The number of carbonyl (C=O) groups is 1. The van der Waals surface area contributed by atoms with Gasteiger partial charge in [0.2, 0.25) is 5.69 Å². The molecule has 0 aromatic heterocycles. The normalized spacial score (nSPS) is 17.5. The van der Waals surface area contributed by atoms with Crippen molar-refractivity contribution in [1.29, 1.82) is 0 Å². The number of carboxylic acid groups (broad SMARTS) is 1. The highest BCUT2D eigenvalue weighted by Gasteiger charge is 2.45. The molecule has 0 fully saturated rings. The molecule has 20 heteroatoms. The van der Waals surface area contributed by atoms with Gasteiger partial charge in [-0.3, -0.25) is 4.79 Å². The molecule has 0 unspecified atom stereocenters. The largest absolute Gasteiger partial charge is 0.744 e. The lowest BCUT2D eigenvalue weighted by Crippen LogP contribution is -2.27. The molecule has 2 aliphatic heterocycles. The quantitative estimate of drug-likeness (QED) is 0.0795. The van der Waals surface area contributed by atoms with Crippen molar-refractivity contribution >= 4 is 85.1 Å². The van der Waals surface area contributed by atoms with Crippen molar-refractivity contribution in [3.8, 4) is 0 Å². The molecule has 2 aliphatic rings. The summed E-state index contributed by atoms with van der Waals surface area (Å²) in [6, 6.07) is 9.26. The van der Waals surface area contributed by atoms with Crippen LogP contribution in [0, 0.1) is 0 Å². The van der Waals surface area contributed by atoms with Gasteiger partial charge in [0.1, 0.15) is 47.5 Å². The van der Waals surface area contributed by atoms with Crippen molar-refractivity contribution in [2.24, 2.45) is 0 Å². The topological polar surface area (TPSA) is 272 Å². The second kappa shape index (κ2) is 15.3. The maximum Gasteiger partial charge on any atom is 0.303 e. The van der Waals surface area contributed by atoms with Crippen molar-refractivity contribution in [2.75, 3.05) is 18.5 Å². The fourth-order valence-corrected chi connectivity index (χ4v) is 11.1. The maximum atomic E-state index is 12.3. The van der Waals surface area contributed by atoms with Gasteiger partial charge in [0, 0.05) is 52.9 Å². The van der Waals surface area contributed by atoms with Crippen LogP contribution < -0.4 is 4.90 Å². The van der Waals surface area contributed by atoms with Crippen molar-refractivity contribution in [3.63, 3.8) is 0 Å². The zero-order valence-electron chi connectivity index (χ0n) is 32.8. The number of hydrogen-bond donors (Lipinski definition) is 1. The predicted molar refractivity (Wildman–Crippen MR) is 216 cm³/mol. The molecule has 0 amide bonds. The van der Waals surface area contributed by atoms with E-state index in [1.165, 1.54) is 12.1 Å². The first kappa shape index (κ1) is 44.7. The maximum absolute atomic E-state index is 12.3. The van der Waals surface area contributed by atoms with E-state index in [-0.39, 0.29) is 28.0 Å². The highest BCUT2D eigenvalue weighted by molar-refractivity contribution is 7.87. The van der Waals surface area contributed by atoms with E-state index in [9.17, 15) is 56.7 Å². The fraction of sp³-hybridized carbons (Fsp3) is 0.300. The summed E-state index contributed by atoms with van der Waals surface area (Å²) in [7, 11) is -19.0. The second-order valence-electron chi connectivity index (χ2n) is 15.6. The van der Waals surface area contributed by atoms with E-state index in [2.05, 4.69) is 0 Å². The molecule has 0 radical (unpaired) electrons. The van der Waals surface area contributed by atoms with E-state index in [4.69, 9.17) is 5.11 Å². The van der Waals surface area contributed by atoms with E-state index in [1.807, 2.05) is 37.2 Å². The lowest BCUT2D eigenvalue weighted by atomic mass is 9.79. The highest BCUT2D eigenvalue weighted by Crippen LogP contribution is 2.52. The Hall–Kier alpha value is -4.80. The number of aliphatic carboxylic acids is 1. The van der Waals surface area contributed by atoms with Crippen molar-refractivity contribution < 1.29 is 66.4 Å². The van der Waals surface area contributed by atoms with Gasteiger partial charge in [0.15, 0.2) is 5.71 Å². The van der Waals surface area contributed by atoms with Crippen LogP contribution in [0.15, 0.2) is 104 Å². The Morgan fingerprint density at radius 2 is 1.20 bits per heavy atom. The first-order valence-electron chi connectivity index (χ1n) is 18.3. The van der Waals surface area contributed by atoms with Crippen molar-refractivity contribution in [2.45, 2.75) is 83.8 Å². The van der Waals surface area contributed by atoms with Crippen LogP contribution in [-0.4, -0.2) is 86.8 Å². The van der Waals surface area contributed by atoms with E-state index in [0.29, 0.717) is 71.9 Å². The predicted octanol–water partition coefficient (Wildman–Crippen LogP) is 5.05. The van der Waals surface area contributed by atoms with Crippen LogP contribution in [-0.2, 0) is 56.1 Å². The molecular weight excluding hydrogens is 861 g/mol. The molecule has 1 N–H and O–H groups in total. The van der Waals surface area contributed by atoms with Crippen LogP contribution in [0.25, 0.3) is 21.5 Å². The number of fused-ring (bicyclic) bond motifs is 6. The second-order valence-corrected chi connectivity index (χ2v) is 21.1. The average Bonchev–Trinajstić information content (AvgIpc) is 3.46. The Morgan fingerprint density at radius 1 is 0.667 bits per heavy atom. The van der Waals surface area contributed by atoms with Gasteiger partial charge in [0.05, 0.1) is 25.0 Å². The Morgan fingerprint density at radius 3 is 1.72 bits per heavy atom. The van der Waals surface area contributed by atoms with E-state index < -0.39 is 76.9 Å². The summed E-state index contributed by atoms with van der Waals surface area (Å²) in [6.45, 7) is 7.63. The van der Waals surface area contributed by atoms with Gasteiger partial charge < -0.3 is 28.2 Å². The van der Waals surface area contributed by atoms with Crippen LogP contribution >= 0.6 is 0 Å². The molecule has 0 saturated heterocycles. The zero-order chi connectivity index (χ0) is 44.5. The average molecular weight is 900 g/mol. The van der Waals surface area contributed by atoms with Gasteiger partial charge in [0.25, 0.3) is 0 Å². The number of nitrogens with zero attached hydrogens (tertiary/aromatic N) is 2. The molecule has 0 aliphatic carbocycles. The first-order chi connectivity index (χ1) is 27.6. The Kier molecular flexibility index (Phi) is 11.4. The summed E-state index contributed by atoms with van der Waals surface area (Å²) in [5, 5.41) is 9.21.